The van der Waals surface area contributed by atoms with E-state index in [1.807, 2.05) is 4.68 Å². The third-order valence-corrected chi connectivity index (χ3v) is 5.28. The number of amides is 2. The number of nitrogens with one attached hydrogen (secondary N) is 2. The fourth-order valence-electron chi connectivity index (χ4n) is 2.99. The van der Waals surface area contributed by atoms with Gasteiger partial charge < -0.3 is 10.6 Å². The van der Waals surface area contributed by atoms with Crippen LogP contribution in [-0.4, -0.2) is 22.4 Å². The van der Waals surface area contributed by atoms with Crippen LogP contribution in [0.2, 0.25) is 0 Å². The zero-order chi connectivity index (χ0) is 18.6. The lowest BCUT2D eigenvalue weighted by Crippen LogP contribution is -2.37. The van der Waals surface area contributed by atoms with E-state index in [4.69, 9.17) is 5.10 Å². The molecule has 0 bridgehead atoms. The van der Waals surface area contributed by atoms with Crippen molar-refractivity contribution in [3.05, 3.63) is 64.2 Å². The minimum absolute atomic E-state index is 0.238. The summed E-state index contributed by atoms with van der Waals surface area (Å²) >= 11 is 1.66. The van der Waals surface area contributed by atoms with E-state index in [2.05, 4.69) is 33.5 Å². The molecule has 1 aliphatic carbocycles. The molecule has 5 nitrogen and oxygen atoms in total. The van der Waals surface area contributed by atoms with Gasteiger partial charge in [0.15, 0.2) is 0 Å². The van der Waals surface area contributed by atoms with Gasteiger partial charge in [-0.1, -0.05) is 12.1 Å². The molecule has 0 spiro atoms. The van der Waals surface area contributed by atoms with Gasteiger partial charge in [0.05, 0.1) is 12.2 Å². The number of benzene rings is 1. The van der Waals surface area contributed by atoms with Crippen molar-refractivity contribution in [2.24, 2.45) is 0 Å². The molecule has 0 atom stereocenters. The van der Waals surface area contributed by atoms with Crippen molar-refractivity contribution >= 4 is 17.4 Å². The maximum absolute atomic E-state index is 12.9. The van der Waals surface area contributed by atoms with Gasteiger partial charge in [-0.25, -0.2) is 9.18 Å². The zero-order valence-corrected chi connectivity index (χ0v) is 15.6. The summed E-state index contributed by atoms with van der Waals surface area (Å²) in [6.07, 6.45) is 2.42. The third kappa shape index (κ3) is 4.54. The van der Waals surface area contributed by atoms with E-state index in [0.29, 0.717) is 25.6 Å². The van der Waals surface area contributed by atoms with Crippen LogP contribution in [0.25, 0.3) is 11.3 Å². The number of halogens is 1. The van der Waals surface area contributed by atoms with E-state index >= 15 is 0 Å². The van der Waals surface area contributed by atoms with Crippen LogP contribution in [0.5, 0.6) is 0 Å². The Morgan fingerprint density at radius 2 is 2.04 bits per heavy atom. The Labute approximate surface area is 161 Å². The molecule has 7 heteroatoms. The SMILES string of the molecule is O=C(NCCn1nc(-c2ccsc2)cc1C1CC1)NCc1ccc(F)cc1. The van der Waals surface area contributed by atoms with Crippen LogP contribution in [0.15, 0.2) is 47.2 Å². The first-order chi connectivity index (χ1) is 13.2. The second-order valence-corrected chi connectivity index (χ2v) is 7.48. The molecule has 0 aliphatic heterocycles. The number of rotatable bonds is 7. The van der Waals surface area contributed by atoms with Gasteiger partial charge in [-0.05, 0) is 48.1 Å². The number of hydrogen-bond acceptors (Lipinski definition) is 3. The first-order valence-electron chi connectivity index (χ1n) is 9.05. The van der Waals surface area contributed by atoms with E-state index in [0.717, 1.165) is 16.8 Å². The lowest BCUT2D eigenvalue weighted by Gasteiger charge is -2.09. The second-order valence-electron chi connectivity index (χ2n) is 6.70. The molecule has 4 rings (SSSR count). The van der Waals surface area contributed by atoms with Crippen molar-refractivity contribution in [2.75, 3.05) is 6.54 Å². The summed E-state index contributed by atoms with van der Waals surface area (Å²) in [5.41, 5.74) is 4.25. The standard InChI is InChI=1S/C20H21FN4OS/c21-17-5-1-14(2-6-17)12-23-20(26)22-8-9-25-19(15-3-4-15)11-18(24-25)16-7-10-27-13-16/h1-2,5-7,10-11,13,15H,3-4,8-9,12H2,(H2,22,23,26). The van der Waals surface area contributed by atoms with Gasteiger partial charge in [-0.15, -0.1) is 0 Å². The van der Waals surface area contributed by atoms with Crippen LogP contribution in [0, 0.1) is 5.82 Å². The van der Waals surface area contributed by atoms with E-state index in [1.165, 1.54) is 30.7 Å². The molecule has 1 fully saturated rings. The quantitative estimate of drug-likeness (QED) is 0.644. The van der Waals surface area contributed by atoms with Crippen molar-refractivity contribution in [1.82, 2.24) is 20.4 Å². The van der Waals surface area contributed by atoms with Crippen molar-refractivity contribution < 1.29 is 9.18 Å². The molecular weight excluding hydrogens is 363 g/mol. The molecule has 2 amide bonds. The van der Waals surface area contributed by atoms with Gasteiger partial charge in [0.25, 0.3) is 0 Å². The summed E-state index contributed by atoms with van der Waals surface area (Å²) < 4.78 is 14.9. The molecule has 2 aromatic heterocycles. The molecule has 3 aromatic rings. The van der Waals surface area contributed by atoms with Crippen molar-refractivity contribution in [2.45, 2.75) is 31.8 Å². The Bertz CT molecular complexity index is 901. The topological polar surface area (TPSA) is 59.0 Å². The highest BCUT2D eigenvalue weighted by molar-refractivity contribution is 7.08. The molecule has 2 N–H and O–H groups in total. The summed E-state index contributed by atoms with van der Waals surface area (Å²) in [5.74, 6) is 0.313. The summed E-state index contributed by atoms with van der Waals surface area (Å²) in [7, 11) is 0. The van der Waals surface area contributed by atoms with Gasteiger partial charge >= 0.3 is 6.03 Å². The highest BCUT2D eigenvalue weighted by Crippen LogP contribution is 2.41. The van der Waals surface area contributed by atoms with E-state index in [-0.39, 0.29) is 11.8 Å². The first kappa shape index (κ1) is 17.7. The summed E-state index contributed by atoms with van der Waals surface area (Å²) in [5, 5.41) is 14.5. The predicted octanol–water partition coefficient (Wildman–Crippen LogP) is 4.13. The van der Waals surface area contributed by atoms with Crippen LogP contribution in [0.1, 0.15) is 30.0 Å². The molecule has 0 saturated heterocycles. The summed E-state index contributed by atoms with van der Waals surface area (Å²) in [4.78, 5) is 12.0. The molecule has 140 valence electrons. The average molecular weight is 384 g/mol. The van der Waals surface area contributed by atoms with Crippen molar-refractivity contribution in [3.8, 4) is 11.3 Å². The van der Waals surface area contributed by atoms with Crippen LogP contribution in [-0.2, 0) is 13.1 Å². The molecule has 1 aliphatic rings. The molecule has 0 unspecified atom stereocenters. The fraction of sp³-hybridized carbons (Fsp3) is 0.300. The number of carbonyl (C=O) groups is 1. The third-order valence-electron chi connectivity index (χ3n) is 4.60. The summed E-state index contributed by atoms with van der Waals surface area (Å²) in [6.45, 7) is 1.50. The van der Waals surface area contributed by atoms with Crippen molar-refractivity contribution in [3.63, 3.8) is 0 Å². The maximum atomic E-state index is 12.9. The smallest absolute Gasteiger partial charge is 0.315 e. The Balaban J connectivity index is 1.29. The Morgan fingerprint density at radius 1 is 1.22 bits per heavy atom. The molecule has 1 saturated carbocycles. The molecule has 27 heavy (non-hydrogen) atoms. The minimum Gasteiger partial charge on any atom is -0.336 e. The monoisotopic (exact) mass is 384 g/mol. The van der Waals surface area contributed by atoms with Gasteiger partial charge in [0.1, 0.15) is 5.82 Å². The number of carbonyl (C=O) groups excluding carboxylic acids is 1. The Morgan fingerprint density at radius 3 is 2.74 bits per heavy atom. The maximum Gasteiger partial charge on any atom is 0.315 e. The largest absolute Gasteiger partial charge is 0.336 e. The number of aromatic nitrogens is 2. The molecular formula is C20H21FN4OS. The second kappa shape index (κ2) is 7.92. The molecule has 1 aromatic carbocycles. The van der Waals surface area contributed by atoms with Crippen LogP contribution < -0.4 is 10.6 Å². The number of thiophene rings is 1. The Hall–Kier alpha value is -2.67. The number of hydrogen-bond donors (Lipinski definition) is 2. The van der Waals surface area contributed by atoms with Crippen LogP contribution >= 0.6 is 11.3 Å². The molecule has 0 radical (unpaired) electrons. The van der Waals surface area contributed by atoms with Crippen LogP contribution in [0.3, 0.4) is 0 Å². The average Bonchev–Trinajstić information content (AvgIpc) is 3.19. The van der Waals surface area contributed by atoms with Gasteiger partial charge in [-0.3, -0.25) is 4.68 Å². The highest BCUT2D eigenvalue weighted by Gasteiger charge is 2.28. The summed E-state index contributed by atoms with van der Waals surface area (Å²) in [6, 6.07) is 10.1. The Kier molecular flexibility index (Phi) is 5.20. The van der Waals surface area contributed by atoms with Gasteiger partial charge in [0.2, 0.25) is 0 Å². The zero-order valence-electron chi connectivity index (χ0n) is 14.8. The number of urea groups is 1. The van der Waals surface area contributed by atoms with E-state index in [1.54, 1.807) is 23.5 Å². The fourth-order valence-corrected chi connectivity index (χ4v) is 3.64. The van der Waals surface area contributed by atoms with E-state index < -0.39 is 0 Å². The highest BCUT2D eigenvalue weighted by atomic mass is 32.1. The minimum atomic E-state index is -0.282. The predicted molar refractivity (Wildman–Crippen MR) is 104 cm³/mol. The van der Waals surface area contributed by atoms with Gasteiger partial charge in [-0.2, -0.15) is 16.4 Å². The lowest BCUT2D eigenvalue weighted by atomic mass is 10.2. The first-order valence-corrected chi connectivity index (χ1v) is 10.00. The van der Waals surface area contributed by atoms with Crippen molar-refractivity contribution in [1.29, 1.82) is 0 Å². The normalized spacial score (nSPS) is 13.5. The number of nitrogens with zero attached hydrogens (tertiary/aromatic N) is 2. The molecule has 2 heterocycles. The lowest BCUT2D eigenvalue weighted by molar-refractivity contribution is 0.240. The van der Waals surface area contributed by atoms with Crippen LogP contribution in [0.4, 0.5) is 9.18 Å². The van der Waals surface area contributed by atoms with Gasteiger partial charge in [0, 0.05) is 35.6 Å². The van der Waals surface area contributed by atoms with E-state index in [9.17, 15) is 9.18 Å².